The van der Waals surface area contributed by atoms with Gasteiger partial charge in [-0.25, -0.2) is 0 Å². The number of hydrogen-bond acceptors (Lipinski definition) is 3. The van der Waals surface area contributed by atoms with Crippen LogP contribution >= 0.6 is 34.8 Å². The zero-order chi connectivity index (χ0) is 16.1. The first-order chi connectivity index (χ1) is 10.5. The number of nitrogens with one attached hydrogen (secondary N) is 2. The molecule has 0 radical (unpaired) electrons. The van der Waals surface area contributed by atoms with Crippen LogP contribution in [-0.4, -0.2) is 19.5 Å². The molecule has 0 saturated heterocycles. The molecular weight excluding hydrogens is 347 g/mol. The Kier molecular flexibility index (Phi) is 5.91. The second-order valence-electron chi connectivity index (χ2n) is 4.38. The largest absolute Gasteiger partial charge is 0.454 e. The van der Waals surface area contributed by atoms with Gasteiger partial charge in [0.05, 0.1) is 16.6 Å². The summed E-state index contributed by atoms with van der Waals surface area (Å²) >= 11 is 18.2. The third-order valence-corrected chi connectivity index (χ3v) is 3.79. The highest BCUT2D eigenvalue weighted by Gasteiger charge is 2.10. The Balaban J connectivity index is 2.16. The standard InChI is InChI=1S/C15H13Cl3N2O2/c1-19-8-14(21)20-9-5-6-12(11(17)7-9)22-13-4-2-3-10(16)15(13)18/h2-7,19H,8H2,1H3,(H,20,21). The zero-order valence-corrected chi connectivity index (χ0v) is 13.9. The van der Waals surface area contributed by atoms with Crippen molar-refractivity contribution in [3.63, 3.8) is 0 Å². The Labute approximate surface area is 143 Å². The van der Waals surface area contributed by atoms with Crippen LogP contribution in [0.2, 0.25) is 15.1 Å². The fourth-order valence-corrected chi connectivity index (χ4v) is 2.26. The lowest BCUT2D eigenvalue weighted by molar-refractivity contribution is -0.115. The lowest BCUT2D eigenvalue weighted by Crippen LogP contribution is -2.24. The van der Waals surface area contributed by atoms with Crippen LogP contribution in [0.15, 0.2) is 36.4 Å². The number of benzene rings is 2. The van der Waals surface area contributed by atoms with Crippen LogP contribution in [0.25, 0.3) is 0 Å². The molecule has 0 spiro atoms. The molecule has 0 heterocycles. The Morgan fingerprint density at radius 1 is 1.09 bits per heavy atom. The van der Waals surface area contributed by atoms with Gasteiger partial charge in [0.25, 0.3) is 0 Å². The van der Waals surface area contributed by atoms with Crippen molar-refractivity contribution in [3.05, 3.63) is 51.5 Å². The third kappa shape index (κ3) is 4.27. The van der Waals surface area contributed by atoms with E-state index >= 15 is 0 Å². The number of hydrogen-bond donors (Lipinski definition) is 2. The average Bonchev–Trinajstić information content (AvgIpc) is 2.46. The number of carbonyl (C=O) groups excluding carboxylic acids is 1. The van der Waals surface area contributed by atoms with Crippen LogP contribution in [0.3, 0.4) is 0 Å². The molecule has 0 aliphatic carbocycles. The maximum absolute atomic E-state index is 11.5. The second-order valence-corrected chi connectivity index (χ2v) is 5.57. The lowest BCUT2D eigenvalue weighted by Gasteiger charge is -2.11. The predicted molar refractivity (Wildman–Crippen MR) is 90.5 cm³/mol. The minimum Gasteiger partial charge on any atom is -0.454 e. The minimum absolute atomic E-state index is 0.162. The molecule has 0 unspecified atom stereocenters. The van der Waals surface area contributed by atoms with Crippen molar-refractivity contribution in [3.8, 4) is 11.5 Å². The molecule has 2 aromatic carbocycles. The van der Waals surface area contributed by atoms with Gasteiger partial charge in [-0.3, -0.25) is 4.79 Å². The molecule has 116 valence electrons. The summed E-state index contributed by atoms with van der Waals surface area (Å²) in [6.45, 7) is 0.216. The number of halogens is 3. The highest BCUT2D eigenvalue weighted by molar-refractivity contribution is 6.43. The fraction of sp³-hybridized carbons (Fsp3) is 0.133. The maximum Gasteiger partial charge on any atom is 0.238 e. The van der Waals surface area contributed by atoms with E-state index in [2.05, 4.69) is 10.6 Å². The van der Waals surface area contributed by atoms with Crippen molar-refractivity contribution in [2.45, 2.75) is 0 Å². The topological polar surface area (TPSA) is 50.4 Å². The van der Waals surface area contributed by atoms with E-state index in [4.69, 9.17) is 39.5 Å². The number of carbonyl (C=O) groups is 1. The second kappa shape index (κ2) is 7.70. The summed E-state index contributed by atoms with van der Waals surface area (Å²) in [5, 5.41) is 6.52. The van der Waals surface area contributed by atoms with E-state index in [-0.39, 0.29) is 12.5 Å². The molecular formula is C15H13Cl3N2O2. The molecule has 2 aromatic rings. The Hall–Kier alpha value is -1.46. The van der Waals surface area contributed by atoms with Crippen molar-refractivity contribution in [2.24, 2.45) is 0 Å². The van der Waals surface area contributed by atoms with Crippen LogP contribution in [0.4, 0.5) is 5.69 Å². The summed E-state index contributed by atoms with van der Waals surface area (Å²) in [5.41, 5.74) is 0.579. The SMILES string of the molecule is CNCC(=O)Nc1ccc(Oc2cccc(Cl)c2Cl)c(Cl)c1. The molecule has 22 heavy (non-hydrogen) atoms. The number of amides is 1. The summed E-state index contributed by atoms with van der Waals surface area (Å²) in [6.07, 6.45) is 0. The van der Waals surface area contributed by atoms with Gasteiger partial charge in [0.1, 0.15) is 16.5 Å². The quantitative estimate of drug-likeness (QED) is 0.820. The van der Waals surface area contributed by atoms with Gasteiger partial charge in [0, 0.05) is 5.69 Å². The Morgan fingerprint density at radius 3 is 2.55 bits per heavy atom. The highest BCUT2D eigenvalue weighted by Crippen LogP contribution is 2.37. The molecule has 0 saturated carbocycles. The van der Waals surface area contributed by atoms with Crippen molar-refractivity contribution < 1.29 is 9.53 Å². The molecule has 2 N–H and O–H groups in total. The summed E-state index contributed by atoms with van der Waals surface area (Å²) in [6, 6.07) is 10.0. The van der Waals surface area contributed by atoms with Gasteiger partial charge in [-0.1, -0.05) is 40.9 Å². The van der Waals surface area contributed by atoms with E-state index in [1.807, 2.05) is 0 Å². The van der Waals surface area contributed by atoms with Crippen molar-refractivity contribution >= 4 is 46.4 Å². The minimum atomic E-state index is -0.162. The number of rotatable bonds is 5. The molecule has 4 nitrogen and oxygen atoms in total. The van der Waals surface area contributed by atoms with Crippen LogP contribution in [-0.2, 0) is 4.79 Å². The summed E-state index contributed by atoms with van der Waals surface area (Å²) < 4.78 is 5.65. The molecule has 0 aliphatic heterocycles. The maximum atomic E-state index is 11.5. The predicted octanol–water partition coefficient (Wildman–Crippen LogP) is 4.60. The van der Waals surface area contributed by atoms with Crippen molar-refractivity contribution in [1.29, 1.82) is 0 Å². The molecule has 0 aliphatic rings. The zero-order valence-electron chi connectivity index (χ0n) is 11.6. The summed E-state index contributed by atoms with van der Waals surface area (Å²) in [4.78, 5) is 11.5. The van der Waals surface area contributed by atoms with E-state index in [1.54, 1.807) is 43.4 Å². The number of ether oxygens (including phenoxy) is 1. The van der Waals surface area contributed by atoms with Gasteiger partial charge in [0.2, 0.25) is 5.91 Å². The first-order valence-electron chi connectivity index (χ1n) is 6.37. The number of anilines is 1. The third-order valence-electron chi connectivity index (χ3n) is 2.69. The Morgan fingerprint density at radius 2 is 1.86 bits per heavy atom. The normalized spacial score (nSPS) is 10.4. The highest BCUT2D eigenvalue weighted by atomic mass is 35.5. The van der Waals surface area contributed by atoms with Crippen LogP contribution in [0.5, 0.6) is 11.5 Å². The molecule has 0 aromatic heterocycles. The van der Waals surface area contributed by atoms with E-state index in [0.717, 1.165) is 0 Å². The van der Waals surface area contributed by atoms with Crippen molar-refractivity contribution in [1.82, 2.24) is 5.32 Å². The van der Waals surface area contributed by atoms with E-state index in [0.29, 0.717) is 32.3 Å². The van der Waals surface area contributed by atoms with Gasteiger partial charge in [-0.05, 0) is 37.4 Å². The molecule has 2 rings (SSSR count). The van der Waals surface area contributed by atoms with Gasteiger partial charge < -0.3 is 15.4 Å². The summed E-state index contributed by atoms with van der Waals surface area (Å²) in [7, 11) is 1.69. The van der Waals surface area contributed by atoms with Gasteiger partial charge in [-0.2, -0.15) is 0 Å². The number of likely N-dealkylation sites (N-methyl/N-ethyl adjacent to an activating group) is 1. The lowest BCUT2D eigenvalue weighted by atomic mass is 10.3. The molecule has 0 fully saturated rings. The molecule has 0 bridgehead atoms. The van der Waals surface area contributed by atoms with Crippen LogP contribution in [0, 0.1) is 0 Å². The molecule has 7 heteroatoms. The Bertz CT molecular complexity index is 692. The molecule has 1 amide bonds. The average molecular weight is 360 g/mol. The smallest absolute Gasteiger partial charge is 0.238 e. The first-order valence-corrected chi connectivity index (χ1v) is 7.50. The monoisotopic (exact) mass is 358 g/mol. The first kappa shape index (κ1) is 16.9. The van der Waals surface area contributed by atoms with Gasteiger partial charge >= 0.3 is 0 Å². The van der Waals surface area contributed by atoms with Crippen molar-refractivity contribution in [2.75, 3.05) is 18.9 Å². The van der Waals surface area contributed by atoms with Gasteiger partial charge in [0.15, 0.2) is 0 Å². The van der Waals surface area contributed by atoms with E-state index in [9.17, 15) is 4.79 Å². The fourth-order valence-electron chi connectivity index (χ4n) is 1.71. The van der Waals surface area contributed by atoms with E-state index < -0.39 is 0 Å². The van der Waals surface area contributed by atoms with Crippen LogP contribution < -0.4 is 15.4 Å². The van der Waals surface area contributed by atoms with E-state index in [1.165, 1.54) is 0 Å². The van der Waals surface area contributed by atoms with Crippen LogP contribution in [0.1, 0.15) is 0 Å². The molecule has 0 atom stereocenters. The van der Waals surface area contributed by atoms with Gasteiger partial charge in [-0.15, -0.1) is 0 Å². The summed E-state index contributed by atoms with van der Waals surface area (Å²) in [5.74, 6) is 0.658.